The fourth-order valence-electron chi connectivity index (χ4n) is 2.50. The predicted molar refractivity (Wildman–Crippen MR) is 80.9 cm³/mol. The Morgan fingerprint density at radius 1 is 1.41 bits per heavy atom. The molecule has 22 heavy (non-hydrogen) atoms. The zero-order valence-electron chi connectivity index (χ0n) is 12.4. The highest BCUT2D eigenvalue weighted by Gasteiger charge is 2.49. The number of carbonyl (C=O) groups is 1. The van der Waals surface area contributed by atoms with Crippen molar-refractivity contribution in [2.75, 3.05) is 6.54 Å². The van der Waals surface area contributed by atoms with Crippen LogP contribution >= 0.6 is 15.9 Å². The Morgan fingerprint density at radius 3 is 2.59 bits per heavy atom. The van der Waals surface area contributed by atoms with Crippen molar-refractivity contribution >= 4 is 21.8 Å². The zero-order valence-corrected chi connectivity index (χ0v) is 14.0. The Morgan fingerprint density at radius 2 is 2.09 bits per heavy atom. The maximum Gasteiger partial charge on any atom is 0.405 e. The summed E-state index contributed by atoms with van der Waals surface area (Å²) in [7, 11) is 0. The van der Waals surface area contributed by atoms with Gasteiger partial charge in [0.15, 0.2) is 0 Å². The molecule has 1 aromatic carbocycles. The molecule has 122 valence electrons. The number of amides is 1. The van der Waals surface area contributed by atoms with Gasteiger partial charge in [-0.15, -0.1) is 0 Å². The van der Waals surface area contributed by atoms with E-state index in [4.69, 9.17) is 0 Å². The number of halogens is 4. The third-order valence-corrected chi connectivity index (χ3v) is 4.27. The number of aryl methyl sites for hydroxylation is 1. The Labute approximate surface area is 136 Å². The standard InChI is InChI=1S/C15H18BrF3N2O/c1-14(2)9-21(20-13(14)22)12(15(17,18)19)7-6-10-4-3-5-11(16)8-10/h3-5,8,12H,6-7,9H2,1-2H3,(H,20,22). The molecule has 1 aliphatic heterocycles. The van der Waals surface area contributed by atoms with Gasteiger partial charge in [-0.25, -0.2) is 5.01 Å². The van der Waals surface area contributed by atoms with Crippen LogP contribution in [0, 0.1) is 5.41 Å². The fraction of sp³-hybridized carbons (Fsp3) is 0.533. The van der Waals surface area contributed by atoms with Crippen molar-refractivity contribution in [2.45, 2.75) is 38.9 Å². The van der Waals surface area contributed by atoms with E-state index in [2.05, 4.69) is 21.4 Å². The molecule has 1 aliphatic rings. The lowest BCUT2D eigenvalue weighted by atomic mass is 9.94. The van der Waals surface area contributed by atoms with E-state index in [1.807, 2.05) is 6.07 Å². The van der Waals surface area contributed by atoms with Gasteiger partial charge in [-0.3, -0.25) is 10.2 Å². The molecule has 1 aromatic rings. The monoisotopic (exact) mass is 378 g/mol. The molecule has 1 N–H and O–H groups in total. The van der Waals surface area contributed by atoms with Gasteiger partial charge in [0.2, 0.25) is 5.91 Å². The van der Waals surface area contributed by atoms with E-state index in [1.165, 1.54) is 0 Å². The quantitative estimate of drug-likeness (QED) is 0.866. The third-order valence-electron chi connectivity index (χ3n) is 3.78. The van der Waals surface area contributed by atoms with Gasteiger partial charge in [0.25, 0.3) is 0 Å². The van der Waals surface area contributed by atoms with Crippen LogP contribution in [0.5, 0.6) is 0 Å². The summed E-state index contributed by atoms with van der Waals surface area (Å²) in [5.41, 5.74) is 2.38. The summed E-state index contributed by atoms with van der Waals surface area (Å²) < 4.78 is 40.8. The van der Waals surface area contributed by atoms with Crippen LogP contribution in [-0.4, -0.2) is 29.7 Å². The SMILES string of the molecule is CC1(C)CN(C(CCc2cccc(Br)c2)C(F)(F)F)NC1=O. The largest absolute Gasteiger partial charge is 0.405 e. The van der Waals surface area contributed by atoms with Crippen LogP contribution < -0.4 is 5.43 Å². The first kappa shape index (κ1) is 17.3. The van der Waals surface area contributed by atoms with Crippen molar-refractivity contribution < 1.29 is 18.0 Å². The van der Waals surface area contributed by atoms with E-state index >= 15 is 0 Å². The maximum atomic E-state index is 13.3. The Bertz CT molecular complexity index is 560. The summed E-state index contributed by atoms with van der Waals surface area (Å²) >= 11 is 3.31. The van der Waals surface area contributed by atoms with Crippen molar-refractivity contribution in [3.8, 4) is 0 Å². The Hall–Kier alpha value is -1.08. The van der Waals surface area contributed by atoms with Gasteiger partial charge < -0.3 is 0 Å². The van der Waals surface area contributed by atoms with Gasteiger partial charge in [-0.1, -0.05) is 28.1 Å². The second kappa shape index (κ2) is 6.20. The van der Waals surface area contributed by atoms with Gasteiger partial charge in [0, 0.05) is 11.0 Å². The van der Waals surface area contributed by atoms with Crippen LogP contribution in [0.1, 0.15) is 25.8 Å². The highest BCUT2D eigenvalue weighted by Crippen LogP contribution is 2.33. The van der Waals surface area contributed by atoms with Gasteiger partial charge in [0.1, 0.15) is 6.04 Å². The third kappa shape index (κ3) is 4.01. The van der Waals surface area contributed by atoms with Crippen LogP contribution in [0.2, 0.25) is 0 Å². The number of carbonyl (C=O) groups excluding carboxylic acids is 1. The molecule has 3 nitrogen and oxygen atoms in total. The first-order valence-electron chi connectivity index (χ1n) is 6.98. The van der Waals surface area contributed by atoms with Crippen molar-refractivity contribution in [2.24, 2.45) is 5.41 Å². The minimum absolute atomic E-state index is 0.0501. The number of hydrogen-bond donors (Lipinski definition) is 1. The first-order chi connectivity index (χ1) is 10.1. The molecule has 2 rings (SSSR count). The molecule has 0 aromatic heterocycles. The molecule has 0 bridgehead atoms. The zero-order chi connectivity index (χ0) is 16.5. The van der Waals surface area contributed by atoms with E-state index < -0.39 is 17.6 Å². The summed E-state index contributed by atoms with van der Waals surface area (Å²) in [4.78, 5) is 11.7. The molecule has 1 amide bonds. The number of nitrogens with one attached hydrogen (secondary N) is 1. The van der Waals surface area contributed by atoms with Crippen LogP contribution in [0.3, 0.4) is 0 Å². The fourth-order valence-corrected chi connectivity index (χ4v) is 2.95. The van der Waals surface area contributed by atoms with E-state index in [0.717, 1.165) is 15.0 Å². The lowest BCUT2D eigenvalue weighted by molar-refractivity contribution is -0.190. The number of hydrogen-bond acceptors (Lipinski definition) is 2. The van der Waals surface area contributed by atoms with Gasteiger partial charge in [-0.05, 0) is 44.4 Å². The molecule has 1 atom stereocenters. The lowest BCUT2D eigenvalue weighted by Crippen LogP contribution is -2.50. The molecule has 1 heterocycles. The second-order valence-corrected chi connectivity index (χ2v) is 7.09. The summed E-state index contributed by atoms with van der Waals surface area (Å²) in [5, 5.41) is 1.03. The molecule has 1 saturated heterocycles. The van der Waals surface area contributed by atoms with Gasteiger partial charge in [0.05, 0.1) is 5.41 Å². The number of benzene rings is 1. The highest BCUT2D eigenvalue weighted by atomic mass is 79.9. The van der Waals surface area contributed by atoms with Gasteiger partial charge in [-0.2, -0.15) is 13.2 Å². The van der Waals surface area contributed by atoms with Crippen LogP contribution in [-0.2, 0) is 11.2 Å². The van der Waals surface area contributed by atoms with Crippen LogP contribution in [0.4, 0.5) is 13.2 Å². The molecule has 1 fully saturated rings. The molecule has 7 heteroatoms. The smallest absolute Gasteiger partial charge is 0.288 e. The lowest BCUT2D eigenvalue weighted by Gasteiger charge is -2.29. The molecule has 0 aliphatic carbocycles. The molecule has 1 unspecified atom stereocenters. The summed E-state index contributed by atoms with van der Waals surface area (Å²) in [6.07, 6.45) is -4.20. The number of hydrazine groups is 1. The predicted octanol–water partition coefficient (Wildman–Crippen LogP) is 3.69. The normalized spacial score (nSPS) is 20.0. The summed E-state index contributed by atoms with van der Waals surface area (Å²) in [5.74, 6) is -0.371. The van der Waals surface area contributed by atoms with Crippen LogP contribution in [0.25, 0.3) is 0 Å². The minimum Gasteiger partial charge on any atom is -0.288 e. The van der Waals surface area contributed by atoms with Crippen molar-refractivity contribution in [3.05, 3.63) is 34.3 Å². The topological polar surface area (TPSA) is 32.3 Å². The molecular formula is C15H18BrF3N2O. The second-order valence-electron chi connectivity index (χ2n) is 6.18. The van der Waals surface area contributed by atoms with E-state index in [0.29, 0.717) is 0 Å². The number of rotatable bonds is 4. The highest BCUT2D eigenvalue weighted by molar-refractivity contribution is 9.10. The molecular weight excluding hydrogens is 361 g/mol. The number of alkyl halides is 3. The van der Waals surface area contributed by atoms with E-state index in [9.17, 15) is 18.0 Å². The van der Waals surface area contributed by atoms with Crippen LogP contribution in [0.15, 0.2) is 28.7 Å². The Kier molecular flexibility index (Phi) is 4.87. The first-order valence-corrected chi connectivity index (χ1v) is 7.78. The van der Waals surface area contributed by atoms with Crippen molar-refractivity contribution in [1.82, 2.24) is 10.4 Å². The average Bonchev–Trinajstić information content (AvgIpc) is 2.62. The van der Waals surface area contributed by atoms with E-state index in [-0.39, 0.29) is 25.3 Å². The summed E-state index contributed by atoms with van der Waals surface area (Å²) in [6.45, 7) is 3.34. The average molecular weight is 379 g/mol. The van der Waals surface area contributed by atoms with E-state index in [1.54, 1.807) is 32.0 Å². The summed E-state index contributed by atoms with van der Waals surface area (Å²) in [6, 6.07) is 5.54. The maximum absolute atomic E-state index is 13.3. The molecule has 0 radical (unpaired) electrons. The molecule has 0 spiro atoms. The Balaban J connectivity index is 2.10. The molecule has 0 saturated carbocycles. The van der Waals surface area contributed by atoms with Crippen molar-refractivity contribution in [3.63, 3.8) is 0 Å². The number of nitrogens with zero attached hydrogens (tertiary/aromatic N) is 1. The van der Waals surface area contributed by atoms with Crippen molar-refractivity contribution in [1.29, 1.82) is 0 Å². The van der Waals surface area contributed by atoms with Gasteiger partial charge >= 0.3 is 6.18 Å². The minimum atomic E-state index is -4.39.